The smallest absolute Gasteiger partial charge is 0.337 e. The summed E-state index contributed by atoms with van der Waals surface area (Å²) in [5.74, 6) is -1.26. The molecule has 0 atom stereocenters. The largest absolute Gasteiger partial charge is 0.478 e. The Hall–Kier alpha value is -1.15. The molecule has 0 unspecified atom stereocenters. The molecule has 0 aliphatic carbocycles. The minimum absolute atomic E-state index is 0.00688. The van der Waals surface area contributed by atoms with Gasteiger partial charge in [0.05, 0.1) is 15.5 Å². The lowest BCUT2D eigenvalue weighted by Crippen LogP contribution is -2.25. The summed E-state index contributed by atoms with van der Waals surface area (Å²) < 4.78 is 26.6. The van der Waals surface area contributed by atoms with Gasteiger partial charge in [-0.05, 0) is 51.7 Å². The maximum absolute atomic E-state index is 12.1. The van der Waals surface area contributed by atoms with Crippen LogP contribution in [0.1, 0.15) is 23.2 Å². The Labute approximate surface area is 129 Å². The number of carbonyl (C=O) groups is 1. The fraction of sp³-hybridized carbons (Fsp3) is 0.462. The van der Waals surface area contributed by atoms with E-state index in [1.807, 2.05) is 19.0 Å². The second kappa shape index (κ2) is 7.74. The van der Waals surface area contributed by atoms with Crippen molar-refractivity contribution in [1.29, 1.82) is 0 Å². The van der Waals surface area contributed by atoms with Crippen LogP contribution < -0.4 is 4.72 Å². The van der Waals surface area contributed by atoms with Crippen LogP contribution in [-0.4, -0.2) is 51.6 Å². The molecule has 0 radical (unpaired) electrons. The van der Waals surface area contributed by atoms with Gasteiger partial charge >= 0.3 is 5.97 Å². The van der Waals surface area contributed by atoms with E-state index in [-0.39, 0.29) is 15.5 Å². The molecule has 118 valence electrons. The van der Waals surface area contributed by atoms with Crippen LogP contribution >= 0.6 is 11.6 Å². The summed E-state index contributed by atoms with van der Waals surface area (Å²) in [5, 5.41) is 8.96. The van der Waals surface area contributed by atoms with Crippen LogP contribution in [0.3, 0.4) is 0 Å². The lowest BCUT2D eigenvalue weighted by molar-refractivity contribution is 0.0697. The molecule has 0 spiro atoms. The van der Waals surface area contributed by atoms with Gasteiger partial charge in [-0.1, -0.05) is 11.6 Å². The SMILES string of the molecule is CN(C)CCCCNS(=O)(=O)c1ccc(Cl)c(C(=O)O)c1. The molecule has 1 aromatic carbocycles. The highest BCUT2D eigenvalue weighted by atomic mass is 35.5. The Morgan fingerprint density at radius 2 is 2.00 bits per heavy atom. The molecule has 0 saturated carbocycles. The molecule has 0 fully saturated rings. The van der Waals surface area contributed by atoms with Gasteiger partial charge in [-0.3, -0.25) is 0 Å². The number of carboxylic acids is 1. The molecule has 0 saturated heterocycles. The highest BCUT2D eigenvalue weighted by molar-refractivity contribution is 7.89. The van der Waals surface area contributed by atoms with Gasteiger partial charge in [0.1, 0.15) is 0 Å². The van der Waals surface area contributed by atoms with E-state index >= 15 is 0 Å². The van der Waals surface area contributed by atoms with Crippen LogP contribution in [-0.2, 0) is 10.0 Å². The van der Waals surface area contributed by atoms with Crippen molar-refractivity contribution in [3.63, 3.8) is 0 Å². The van der Waals surface area contributed by atoms with Gasteiger partial charge in [0.15, 0.2) is 0 Å². The normalized spacial score (nSPS) is 11.8. The summed E-state index contributed by atoms with van der Waals surface area (Å²) in [4.78, 5) is 12.9. The van der Waals surface area contributed by atoms with Crippen LogP contribution in [0.15, 0.2) is 23.1 Å². The fourth-order valence-electron chi connectivity index (χ4n) is 1.68. The molecule has 1 rings (SSSR count). The second-order valence-corrected chi connectivity index (χ2v) is 7.03. The summed E-state index contributed by atoms with van der Waals surface area (Å²) in [6, 6.07) is 3.62. The van der Waals surface area contributed by atoms with Crippen LogP contribution in [0.25, 0.3) is 0 Å². The number of aromatic carboxylic acids is 1. The first kappa shape index (κ1) is 17.9. The number of halogens is 1. The second-order valence-electron chi connectivity index (χ2n) is 4.85. The summed E-state index contributed by atoms with van der Waals surface area (Å²) in [7, 11) is 0.180. The zero-order chi connectivity index (χ0) is 16.0. The highest BCUT2D eigenvalue weighted by Gasteiger charge is 2.17. The van der Waals surface area contributed by atoms with Gasteiger partial charge in [-0.2, -0.15) is 0 Å². The first-order valence-electron chi connectivity index (χ1n) is 6.41. The molecule has 0 amide bonds. The van der Waals surface area contributed by atoms with E-state index in [0.29, 0.717) is 13.0 Å². The Bertz CT molecular complexity index is 602. The summed E-state index contributed by atoms with van der Waals surface area (Å²) in [6.07, 6.45) is 1.58. The van der Waals surface area contributed by atoms with Crippen molar-refractivity contribution in [2.45, 2.75) is 17.7 Å². The zero-order valence-electron chi connectivity index (χ0n) is 12.0. The van der Waals surface area contributed by atoms with Crippen molar-refractivity contribution in [1.82, 2.24) is 9.62 Å². The van der Waals surface area contributed by atoms with Crippen molar-refractivity contribution in [2.24, 2.45) is 0 Å². The summed E-state index contributed by atoms with van der Waals surface area (Å²) in [5.41, 5.74) is -0.229. The summed E-state index contributed by atoms with van der Waals surface area (Å²) in [6.45, 7) is 1.19. The minimum Gasteiger partial charge on any atom is -0.478 e. The van der Waals surface area contributed by atoms with Crippen LogP contribution in [0.5, 0.6) is 0 Å². The monoisotopic (exact) mass is 334 g/mol. The molecule has 0 heterocycles. The standard InChI is InChI=1S/C13H19ClN2O4S/c1-16(2)8-4-3-7-15-21(19,20)10-5-6-12(14)11(9-10)13(17)18/h5-6,9,15H,3-4,7-8H2,1-2H3,(H,17,18). The Kier molecular flexibility index (Phi) is 6.60. The predicted octanol–water partition coefficient (Wildman–Crippen LogP) is 1.66. The summed E-state index contributed by atoms with van der Waals surface area (Å²) >= 11 is 5.72. The first-order chi connectivity index (χ1) is 9.74. The van der Waals surface area contributed by atoms with Crippen molar-refractivity contribution in [2.75, 3.05) is 27.2 Å². The molecule has 0 aliphatic heterocycles. The molecular weight excluding hydrogens is 316 g/mol. The van der Waals surface area contributed by atoms with E-state index in [1.54, 1.807) is 0 Å². The molecule has 6 nitrogen and oxygen atoms in total. The molecule has 0 aliphatic rings. The third-order valence-electron chi connectivity index (χ3n) is 2.80. The number of hydrogen-bond donors (Lipinski definition) is 2. The van der Waals surface area contributed by atoms with E-state index in [9.17, 15) is 13.2 Å². The lowest BCUT2D eigenvalue weighted by Gasteiger charge is -2.10. The molecule has 1 aromatic rings. The Morgan fingerprint density at radius 1 is 1.33 bits per heavy atom. The Morgan fingerprint density at radius 3 is 2.57 bits per heavy atom. The van der Waals surface area contributed by atoms with Crippen molar-refractivity contribution in [3.05, 3.63) is 28.8 Å². The molecule has 8 heteroatoms. The number of hydrogen-bond acceptors (Lipinski definition) is 4. The topological polar surface area (TPSA) is 86.7 Å². The van der Waals surface area contributed by atoms with Gasteiger partial charge in [-0.15, -0.1) is 0 Å². The molecule has 2 N–H and O–H groups in total. The van der Waals surface area contributed by atoms with Crippen molar-refractivity contribution in [3.8, 4) is 0 Å². The van der Waals surface area contributed by atoms with Gasteiger partial charge in [-0.25, -0.2) is 17.9 Å². The average molecular weight is 335 g/mol. The number of sulfonamides is 1. The zero-order valence-corrected chi connectivity index (χ0v) is 13.5. The average Bonchev–Trinajstić information content (AvgIpc) is 2.37. The third kappa shape index (κ3) is 5.62. The van der Waals surface area contributed by atoms with Crippen LogP contribution in [0, 0.1) is 0 Å². The van der Waals surface area contributed by atoms with E-state index in [2.05, 4.69) is 4.72 Å². The highest BCUT2D eigenvalue weighted by Crippen LogP contribution is 2.20. The fourth-order valence-corrected chi connectivity index (χ4v) is 2.98. The van der Waals surface area contributed by atoms with Gasteiger partial charge in [0, 0.05) is 6.54 Å². The van der Waals surface area contributed by atoms with Crippen LogP contribution in [0.4, 0.5) is 0 Å². The number of rotatable bonds is 8. The minimum atomic E-state index is -3.72. The maximum Gasteiger partial charge on any atom is 0.337 e. The number of benzene rings is 1. The number of nitrogens with zero attached hydrogens (tertiary/aromatic N) is 1. The first-order valence-corrected chi connectivity index (χ1v) is 8.27. The van der Waals surface area contributed by atoms with E-state index in [0.717, 1.165) is 19.0 Å². The van der Waals surface area contributed by atoms with E-state index < -0.39 is 16.0 Å². The van der Waals surface area contributed by atoms with Gasteiger partial charge in [0.25, 0.3) is 0 Å². The Balaban J connectivity index is 2.70. The van der Waals surface area contributed by atoms with E-state index in [1.165, 1.54) is 12.1 Å². The predicted molar refractivity (Wildman–Crippen MR) is 81.4 cm³/mol. The van der Waals surface area contributed by atoms with E-state index in [4.69, 9.17) is 16.7 Å². The van der Waals surface area contributed by atoms with Crippen LogP contribution in [0.2, 0.25) is 5.02 Å². The van der Waals surface area contributed by atoms with Crippen molar-refractivity contribution >= 4 is 27.6 Å². The molecule has 0 aromatic heterocycles. The molecule has 21 heavy (non-hydrogen) atoms. The molecular formula is C13H19ClN2O4S. The van der Waals surface area contributed by atoms with Gasteiger partial charge < -0.3 is 10.0 Å². The molecule has 0 bridgehead atoms. The quantitative estimate of drug-likeness (QED) is 0.706. The van der Waals surface area contributed by atoms with Crippen molar-refractivity contribution < 1.29 is 18.3 Å². The van der Waals surface area contributed by atoms with Gasteiger partial charge in [0.2, 0.25) is 10.0 Å². The number of carboxylic acid groups (broad SMARTS) is 1. The number of unbranched alkanes of at least 4 members (excludes halogenated alkanes) is 1. The maximum atomic E-state index is 12.1. The lowest BCUT2D eigenvalue weighted by atomic mass is 10.2. The third-order valence-corrected chi connectivity index (χ3v) is 4.59. The number of nitrogens with one attached hydrogen (secondary N) is 1.